The minimum Gasteiger partial charge on any atom is -0.507 e. The van der Waals surface area contributed by atoms with Gasteiger partial charge in [0.15, 0.2) is 5.78 Å². The summed E-state index contributed by atoms with van der Waals surface area (Å²) in [7, 11) is 1.59. The summed E-state index contributed by atoms with van der Waals surface area (Å²) >= 11 is 0. The monoisotopic (exact) mass is 322 g/mol. The van der Waals surface area contributed by atoms with Crippen LogP contribution in [-0.2, 0) is 4.74 Å². The number of fused-ring (bicyclic) bond motifs is 1. The van der Waals surface area contributed by atoms with Crippen molar-refractivity contribution in [3.63, 3.8) is 0 Å². The second kappa shape index (κ2) is 7.15. The van der Waals surface area contributed by atoms with E-state index in [-0.39, 0.29) is 17.1 Å². The first-order valence-electron chi connectivity index (χ1n) is 7.68. The molecule has 0 heterocycles. The third-order valence-corrected chi connectivity index (χ3v) is 3.80. The number of phenols is 1. The van der Waals surface area contributed by atoms with E-state index in [9.17, 15) is 9.90 Å². The highest BCUT2D eigenvalue weighted by molar-refractivity contribution is 6.17. The molecule has 0 aromatic heterocycles. The van der Waals surface area contributed by atoms with Crippen LogP contribution in [-0.4, -0.2) is 31.2 Å². The summed E-state index contributed by atoms with van der Waals surface area (Å²) in [4.78, 5) is 12.8. The lowest BCUT2D eigenvalue weighted by Gasteiger charge is -2.10. The van der Waals surface area contributed by atoms with E-state index in [0.29, 0.717) is 24.5 Å². The van der Waals surface area contributed by atoms with Gasteiger partial charge in [0.1, 0.15) is 18.1 Å². The molecule has 3 aromatic carbocycles. The molecule has 0 spiro atoms. The second-order valence-corrected chi connectivity index (χ2v) is 5.38. The molecule has 3 aromatic rings. The summed E-state index contributed by atoms with van der Waals surface area (Å²) in [6.07, 6.45) is 0. The Morgan fingerprint density at radius 2 is 1.75 bits per heavy atom. The molecular weight excluding hydrogens is 304 g/mol. The van der Waals surface area contributed by atoms with Gasteiger partial charge in [-0.05, 0) is 22.9 Å². The number of aromatic hydroxyl groups is 1. The van der Waals surface area contributed by atoms with Gasteiger partial charge in [-0.15, -0.1) is 0 Å². The summed E-state index contributed by atoms with van der Waals surface area (Å²) in [5.41, 5.74) is 0.821. The predicted octanol–water partition coefficient (Wildman–Crippen LogP) is 3.80. The van der Waals surface area contributed by atoms with E-state index in [2.05, 4.69) is 0 Å². The lowest BCUT2D eigenvalue weighted by molar-refractivity contribution is 0.103. The van der Waals surface area contributed by atoms with Gasteiger partial charge in [-0.25, -0.2) is 0 Å². The maximum absolute atomic E-state index is 12.8. The summed E-state index contributed by atoms with van der Waals surface area (Å²) in [6.45, 7) is 0.837. The first-order valence-corrected chi connectivity index (χ1v) is 7.68. The number of rotatable bonds is 6. The van der Waals surface area contributed by atoms with Gasteiger partial charge >= 0.3 is 0 Å². The Labute approximate surface area is 140 Å². The van der Waals surface area contributed by atoms with Crippen molar-refractivity contribution in [3.8, 4) is 11.5 Å². The van der Waals surface area contributed by atoms with E-state index in [1.165, 1.54) is 6.07 Å². The quantitative estimate of drug-likeness (QED) is 0.554. The fourth-order valence-corrected chi connectivity index (χ4v) is 2.60. The number of benzene rings is 3. The standard InChI is InChI=1S/C20H18O4/c1-23-11-12-24-15-9-10-18(19(21)13-15)20(22)17-8-4-6-14-5-2-3-7-16(14)17/h2-10,13,21H,11-12H2,1H3. The minimum atomic E-state index is -0.215. The molecule has 122 valence electrons. The summed E-state index contributed by atoms with van der Waals surface area (Å²) < 4.78 is 10.4. The van der Waals surface area contributed by atoms with Gasteiger partial charge < -0.3 is 14.6 Å². The van der Waals surface area contributed by atoms with E-state index in [1.807, 2.05) is 36.4 Å². The predicted molar refractivity (Wildman–Crippen MR) is 92.9 cm³/mol. The highest BCUT2D eigenvalue weighted by Crippen LogP contribution is 2.28. The Morgan fingerprint density at radius 3 is 2.54 bits per heavy atom. The highest BCUT2D eigenvalue weighted by Gasteiger charge is 2.16. The van der Waals surface area contributed by atoms with Gasteiger partial charge in [0.05, 0.1) is 12.2 Å². The molecule has 3 rings (SSSR count). The van der Waals surface area contributed by atoms with Crippen molar-refractivity contribution in [2.24, 2.45) is 0 Å². The van der Waals surface area contributed by atoms with Crippen LogP contribution in [0.15, 0.2) is 60.7 Å². The zero-order valence-electron chi connectivity index (χ0n) is 13.4. The highest BCUT2D eigenvalue weighted by atomic mass is 16.5. The van der Waals surface area contributed by atoms with Crippen LogP contribution in [0.3, 0.4) is 0 Å². The number of phenolic OH excluding ortho intramolecular Hbond substituents is 1. The molecule has 0 amide bonds. The van der Waals surface area contributed by atoms with Crippen LogP contribution in [0.25, 0.3) is 10.8 Å². The van der Waals surface area contributed by atoms with Crippen molar-refractivity contribution < 1.29 is 19.4 Å². The SMILES string of the molecule is COCCOc1ccc(C(=O)c2cccc3ccccc23)c(O)c1. The Bertz CT molecular complexity index is 865. The molecule has 0 aliphatic rings. The van der Waals surface area contributed by atoms with Gasteiger partial charge in [0.25, 0.3) is 0 Å². The lowest BCUT2D eigenvalue weighted by atomic mass is 9.97. The Morgan fingerprint density at radius 1 is 0.958 bits per heavy atom. The fraction of sp³-hybridized carbons (Fsp3) is 0.150. The zero-order chi connectivity index (χ0) is 16.9. The molecular formula is C20H18O4. The normalized spacial score (nSPS) is 10.7. The molecule has 0 saturated carbocycles. The van der Waals surface area contributed by atoms with Crippen molar-refractivity contribution in [2.75, 3.05) is 20.3 Å². The number of ketones is 1. The van der Waals surface area contributed by atoms with Crippen molar-refractivity contribution in [1.82, 2.24) is 0 Å². The third-order valence-electron chi connectivity index (χ3n) is 3.80. The summed E-state index contributed by atoms with van der Waals surface area (Å²) in [6, 6.07) is 18.0. The van der Waals surface area contributed by atoms with Gasteiger partial charge in [-0.1, -0.05) is 42.5 Å². The van der Waals surface area contributed by atoms with Crippen LogP contribution in [0.4, 0.5) is 0 Å². The lowest BCUT2D eigenvalue weighted by Crippen LogP contribution is -2.05. The first-order chi connectivity index (χ1) is 11.7. The average Bonchev–Trinajstić information content (AvgIpc) is 2.61. The minimum absolute atomic E-state index is 0.0946. The number of methoxy groups -OCH3 is 1. The topological polar surface area (TPSA) is 55.8 Å². The van der Waals surface area contributed by atoms with Gasteiger partial charge in [-0.2, -0.15) is 0 Å². The number of carbonyl (C=O) groups is 1. The van der Waals surface area contributed by atoms with Crippen LogP contribution in [0.2, 0.25) is 0 Å². The molecule has 0 saturated heterocycles. The molecule has 4 nitrogen and oxygen atoms in total. The molecule has 0 fully saturated rings. The van der Waals surface area contributed by atoms with Crippen LogP contribution in [0.5, 0.6) is 11.5 Å². The maximum Gasteiger partial charge on any atom is 0.197 e. The van der Waals surface area contributed by atoms with Gasteiger partial charge in [0, 0.05) is 18.7 Å². The number of hydrogen-bond donors (Lipinski definition) is 1. The molecule has 24 heavy (non-hydrogen) atoms. The Balaban J connectivity index is 1.92. The molecule has 0 atom stereocenters. The number of carbonyl (C=O) groups excluding carboxylic acids is 1. The smallest absolute Gasteiger partial charge is 0.197 e. The van der Waals surface area contributed by atoms with E-state index in [1.54, 1.807) is 25.3 Å². The van der Waals surface area contributed by atoms with E-state index < -0.39 is 0 Å². The van der Waals surface area contributed by atoms with E-state index in [0.717, 1.165) is 10.8 Å². The van der Waals surface area contributed by atoms with Crippen molar-refractivity contribution >= 4 is 16.6 Å². The van der Waals surface area contributed by atoms with Crippen molar-refractivity contribution in [2.45, 2.75) is 0 Å². The second-order valence-electron chi connectivity index (χ2n) is 5.38. The molecule has 0 unspecified atom stereocenters. The first kappa shape index (κ1) is 16.0. The van der Waals surface area contributed by atoms with Crippen molar-refractivity contribution in [1.29, 1.82) is 0 Å². The molecule has 4 heteroatoms. The molecule has 0 radical (unpaired) electrons. The Kier molecular flexibility index (Phi) is 4.77. The summed E-state index contributed by atoms with van der Waals surface area (Å²) in [5, 5.41) is 12.1. The average molecular weight is 322 g/mol. The van der Waals surface area contributed by atoms with Crippen LogP contribution < -0.4 is 4.74 Å². The maximum atomic E-state index is 12.8. The van der Waals surface area contributed by atoms with Gasteiger partial charge in [0.2, 0.25) is 0 Å². The van der Waals surface area contributed by atoms with Crippen molar-refractivity contribution in [3.05, 3.63) is 71.8 Å². The molecule has 0 bridgehead atoms. The largest absolute Gasteiger partial charge is 0.507 e. The Hall–Kier alpha value is -2.85. The van der Waals surface area contributed by atoms with E-state index >= 15 is 0 Å². The number of ether oxygens (including phenoxy) is 2. The van der Waals surface area contributed by atoms with Crippen LogP contribution in [0, 0.1) is 0 Å². The zero-order valence-corrected chi connectivity index (χ0v) is 13.4. The molecule has 0 aliphatic carbocycles. The van der Waals surface area contributed by atoms with E-state index in [4.69, 9.17) is 9.47 Å². The van der Waals surface area contributed by atoms with Gasteiger partial charge in [-0.3, -0.25) is 4.79 Å². The number of hydrogen-bond acceptors (Lipinski definition) is 4. The molecule has 0 aliphatic heterocycles. The van der Waals surface area contributed by atoms with Crippen LogP contribution in [0.1, 0.15) is 15.9 Å². The van der Waals surface area contributed by atoms with Crippen LogP contribution >= 0.6 is 0 Å². The fourth-order valence-electron chi connectivity index (χ4n) is 2.60. The summed E-state index contributed by atoms with van der Waals surface area (Å²) in [5.74, 6) is 0.189. The third kappa shape index (κ3) is 3.24. The molecule has 1 N–H and O–H groups in total.